The molecule has 0 aliphatic carbocycles. The van der Waals surface area contributed by atoms with Crippen molar-refractivity contribution < 1.29 is 14.9 Å². The van der Waals surface area contributed by atoms with Gasteiger partial charge in [0.1, 0.15) is 18.5 Å². The molecule has 120 valence electrons. The summed E-state index contributed by atoms with van der Waals surface area (Å²) in [7, 11) is 0. The molecule has 1 fully saturated rings. The van der Waals surface area contributed by atoms with E-state index < -0.39 is 24.5 Å². The van der Waals surface area contributed by atoms with Crippen molar-refractivity contribution in [2.24, 2.45) is 5.73 Å². The van der Waals surface area contributed by atoms with Crippen LogP contribution in [-0.4, -0.2) is 65.6 Å². The molecule has 22 heavy (non-hydrogen) atoms. The second-order valence-corrected chi connectivity index (χ2v) is 5.84. The first-order valence-electron chi connectivity index (χ1n) is 6.86. The van der Waals surface area contributed by atoms with Crippen molar-refractivity contribution in [3.8, 4) is 0 Å². The number of nitrogens with zero attached hydrogens (tertiary/aromatic N) is 4. The maximum Gasteiger partial charge on any atom is 0.167 e. The molecule has 1 aliphatic heterocycles. The van der Waals surface area contributed by atoms with E-state index in [2.05, 4.69) is 42.9 Å². The lowest BCUT2D eigenvalue weighted by molar-refractivity contribution is -0.0283. The Morgan fingerprint density at radius 1 is 1.32 bits per heavy atom. The normalized spacial score (nSPS) is 28.4. The summed E-state index contributed by atoms with van der Waals surface area (Å²) in [5, 5.41) is 23.3. The summed E-state index contributed by atoms with van der Waals surface area (Å²) in [6.45, 7) is 1.04. The van der Waals surface area contributed by atoms with Crippen molar-refractivity contribution in [2.45, 2.75) is 24.5 Å². The van der Waals surface area contributed by atoms with Crippen LogP contribution in [0.3, 0.4) is 0 Å². The quantitative estimate of drug-likeness (QED) is 0.367. The summed E-state index contributed by atoms with van der Waals surface area (Å²) in [5.74, 6) is 0.577. The molecule has 5 N–H and O–H groups in total. The largest absolute Gasteiger partial charge is 0.387 e. The van der Waals surface area contributed by atoms with Crippen LogP contribution < -0.4 is 11.1 Å². The third-order valence-electron chi connectivity index (χ3n) is 3.56. The van der Waals surface area contributed by atoms with E-state index in [1.165, 1.54) is 12.7 Å². The fraction of sp³-hybridized carbons (Fsp3) is 0.583. The van der Waals surface area contributed by atoms with Gasteiger partial charge in [-0.05, 0) is 0 Å². The highest BCUT2D eigenvalue weighted by atomic mass is 127. The van der Waals surface area contributed by atoms with Crippen LogP contribution in [0.25, 0.3) is 11.2 Å². The van der Waals surface area contributed by atoms with Gasteiger partial charge in [0.2, 0.25) is 0 Å². The van der Waals surface area contributed by atoms with E-state index in [1.807, 2.05) is 0 Å². The Hall–Kier alpha value is -1.08. The van der Waals surface area contributed by atoms with Gasteiger partial charge in [-0.3, -0.25) is 4.57 Å². The summed E-state index contributed by atoms with van der Waals surface area (Å²) in [6, 6.07) is 0. The molecule has 9 nitrogen and oxygen atoms in total. The van der Waals surface area contributed by atoms with Crippen LogP contribution in [0.4, 0.5) is 5.82 Å². The number of nitrogens with two attached hydrogens (primary N) is 1. The van der Waals surface area contributed by atoms with Gasteiger partial charge >= 0.3 is 0 Å². The molecule has 0 spiro atoms. The zero-order chi connectivity index (χ0) is 15.7. The highest BCUT2D eigenvalue weighted by Crippen LogP contribution is 2.32. The van der Waals surface area contributed by atoms with Crippen LogP contribution in [0, 0.1) is 0 Å². The first-order valence-corrected chi connectivity index (χ1v) is 8.39. The van der Waals surface area contributed by atoms with Crippen LogP contribution in [0.2, 0.25) is 0 Å². The van der Waals surface area contributed by atoms with Crippen molar-refractivity contribution in [1.29, 1.82) is 0 Å². The fourth-order valence-electron chi connectivity index (χ4n) is 2.44. The molecule has 2 aromatic heterocycles. The Bertz CT molecular complexity index is 653. The van der Waals surface area contributed by atoms with Crippen molar-refractivity contribution in [3.63, 3.8) is 0 Å². The third kappa shape index (κ3) is 2.65. The van der Waals surface area contributed by atoms with E-state index in [0.717, 1.165) is 0 Å². The topological polar surface area (TPSA) is 131 Å². The number of ether oxygens (including phenoxy) is 1. The maximum atomic E-state index is 10.2. The number of alkyl halides is 1. The van der Waals surface area contributed by atoms with Crippen molar-refractivity contribution in [2.75, 3.05) is 22.8 Å². The van der Waals surface area contributed by atoms with Crippen LogP contribution in [0.1, 0.15) is 6.23 Å². The summed E-state index contributed by atoms with van der Waals surface area (Å²) < 4.78 is 7.92. The average molecular weight is 420 g/mol. The van der Waals surface area contributed by atoms with E-state index in [4.69, 9.17) is 10.5 Å². The molecule has 1 saturated heterocycles. The van der Waals surface area contributed by atoms with Crippen LogP contribution in [-0.2, 0) is 4.74 Å². The van der Waals surface area contributed by atoms with Gasteiger partial charge in [-0.2, -0.15) is 0 Å². The molecule has 0 radical (unpaired) electrons. The molecule has 0 unspecified atom stereocenters. The van der Waals surface area contributed by atoms with Gasteiger partial charge in [-0.15, -0.1) is 0 Å². The number of imidazole rings is 1. The van der Waals surface area contributed by atoms with Gasteiger partial charge in [-0.25, -0.2) is 15.0 Å². The number of aromatic nitrogens is 4. The second-order valence-electron chi connectivity index (χ2n) is 4.96. The minimum Gasteiger partial charge on any atom is -0.387 e. The van der Waals surface area contributed by atoms with Crippen molar-refractivity contribution >= 4 is 39.6 Å². The molecule has 0 saturated carbocycles. The van der Waals surface area contributed by atoms with E-state index in [9.17, 15) is 10.2 Å². The van der Waals surface area contributed by atoms with Gasteiger partial charge in [0.05, 0.1) is 12.4 Å². The Balaban J connectivity index is 1.95. The number of fused-ring (bicyclic) bond motifs is 1. The first kappa shape index (κ1) is 15.8. The van der Waals surface area contributed by atoms with Crippen LogP contribution in [0.5, 0.6) is 0 Å². The number of nitrogens with one attached hydrogen (secondary N) is 1. The molecule has 4 atom stereocenters. The number of aliphatic hydroxyl groups excluding tert-OH is 2. The van der Waals surface area contributed by atoms with Crippen LogP contribution >= 0.6 is 22.6 Å². The molecule has 0 aromatic carbocycles. The zero-order valence-electron chi connectivity index (χ0n) is 11.6. The molecule has 0 bridgehead atoms. The molecular formula is C12H17IN6O3. The monoisotopic (exact) mass is 420 g/mol. The minimum absolute atomic E-state index is 0.422. The predicted octanol–water partition coefficient (Wildman–Crippen LogP) is -0.749. The van der Waals surface area contributed by atoms with E-state index in [1.54, 1.807) is 4.57 Å². The molecule has 2 aromatic rings. The summed E-state index contributed by atoms with van der Waals surface area (Å²) in [5.41, 5.74) is 6.57. The number of rotatable bonds is 5. The minimum atomic E-state index is -1.03. The van der Waals surface area contributed by atoms with E-state index in [-0.39, 0.29) is 0 Å². The van der Waals surface area contributed by atoms with Gasteiger partial charge < -0.3 is 26.0 Å². The number of aliphatic hydroxyl groups is 2. The molecule has 1 aliphatic rings. The lowest BCUT2D eigenvalue weighted by Crippen LogP contribution is -2.32. The fourth-order valence-corrected chi connectivity index (χ4v) is 3.17. The Labute approximate surface area is 140 Å². The SMILES string of the molecule is NCCNc1ncnc2c1ncn2[C@@H]1O[C@H](CI)[C@@H](O)[C@H]1O. The predicted molar refractivity (Wildman–Crippen MR) is 87.7 cm³/mol. The first-order chi connectivity index (χ1) is 10.7. The Kier molecular flexibility index (Phi) is 4.73. The molecule has 10 heteroatoms. The Morgan fingerprint density at radius 3 is 2.82 bits per heavy atom. The number of hydrogen-bond acceptors (Lipinski definition) is 8. The highest BCUT2D eigenvalue weighted by molar-refractivity contribution is 14.1. The Morgan fingerprint density at radius 2 is 2.14 bits per heavy atom. The summed E-state index contributed by atoms with van der Waals surface area (Å²) in [6.07, 6.45) is -0.175. The highest BCUT2D eigenvalue weighted by Gasteiger charge is 2.43. The smallest absolute Gasteiger partial charge is 0.167 e. The standard InChI is InChI=1S/C12H17IN6O3/c13-3-6-8(20)9(21)12(22-6)19-5-18-7-10(15-2-1-14)16-4-17-11(7)19/h4-6,8-9,12,20-21H,1-3,14H2,(H,15,16,17)/t6-,8-,9-,12-/m1/s1. The van der Waals surface area contributed by atoms with E-state index in [0.29, 0.717) is 34.5 Å². The lowest BCUT2D eigenvalue weighted by atomic mass is 10.1. The lowest BCUT2D eigenvalue weighted by Gasteiger charge is -2.16. The molecule has 0 amide bonds. The number of hydrogen-bond donors (Lipinski definition) is 4. The molecule has 3 rings (SSSR count). The molecule has 3 heterocycles. The third-order valence-corrected chi connectivity index (χ3v) is 4.43. The second kappa shape index (κ2) is 6.58. The van der Waals surface area contributed by atoms with Crippen molar-refractivity contribution in [1.82, 2.24) is 19.5 Å². The summed E-state index contributed by atoms with van der Waals surface area (Å²) >= 11 is 2.11. The zero-order valence-corrected chi connectivity index (χ0v) is 13.8. The maximum absolute atomic E-state index is 10.2. The van der Waals surface area contributed by atoms with Gasteiger partial charge in [-0.1, -0.05) is 22.6 Å². The van der Waals surface area contributed by atoms with E-state index >= 15 is 0 Å². The van der Waals surface area contributed by atoms with Gasteiger partial charge in [0.25, 0.3) is 0 Å². The number of anilines is 1. The number of halogens is 1. The van der Waals surface area contributed by atoms with Crippen molar-refractivity contribution in [3.05, 3.63) is 12.7 Å². The molecular weight excluding hydrogens is 403 g/mol. The summed E-state index contributed by atoms with van der Waals surface area (Å²) in [4.78, 5) is 12.6. The van der Waals surface area contributed by atoms with Crippen LogP contribution in [0.15, 0.2) is 12.7 Å². The van der Waals surface area contributed by atoms with Gasteiger partial charge in [0.15, 0.2) is 23.2 Å². The average Bonchev–Trinajstić information content (AvgIpc) is 3.08. The van der Waals surface area contributed by atoms with Gasteiger partial charge in [0, 0.05) is 17.5 Å².